The van der Waals surface area contributed by atoms with Crippen molar-refractivity contribution in [2.75, 3.05) is 39.4 Å². The molecule has 0 radical (unpaired) electrons. The molecule has 0 aromatic heterocycles. The van der Waals surface area contributed by atoms with Gasteiger partial charge in [0.2, 0.25) is 0 Å². The highest BCUT2D eigenvalue weighted by atomic mass is 32.2. The van der Waals surface area contributed by atoms with Crippen LogP contribution in [0.25, 0.3) is 0 Å². The van der Waals surface area contributed by atoms with E-state index in [9.17, 15) is 14.3 Å². The number of ether oxygens (including phenoxy) is 2. The van der Waals surface area contributed by atoms with Gasteiger partial charge in [-0.05, 0) is 13.3 Å². The molecule has 0 aromatic rings. The van der Waals surface area contributed by atoms with Crippen LogP contribution in [0, 0.1) is 0 Å². The summed E-state index contributed by atoms with van der Waals surface area (Å²) in [5.74, 6) is 0.473. The number of phosphoric acid groups is 1. The number of carbonyl (C=O) groups excluding carboxylic acids is 1. The number of phosphoric ester groups is 1. The van der Waals surface area contributed by atoms with Crippen LogP contribution in [-0.2, 0) is 27.9 Å². The summed E-state index contributed by atoms with van der Waals surface area (Å²) in [4.78, 5) is 25.1. The molecule has 1 N–H and O–H groups in total. The summed E-state index contributed by atoms with van der Waals surface area (Å²) in [6.45, 7) is 6.50. The highest BCUT2D eigenvalue weighted by molar-refractivity contribution is 8.03. The van der Waals surface area contributed by atoms with Crippen molar-refractivity contribution >= 4 is 25.6 Å². The van der Waals surface area contributed by atoms with E-state index >= 15 is 0 Å². The van der Waals surface area contributed by atoms with Crippen molar-refractivity contribution in [3.63, 3.8) is 0 Å². The molecular weight excluding hydrogens is 537 g/mol. The van der Waals surface area contributed by atoms with Crippen molar-refractivity contribution in [1.29, 1.82) is 0 Å². The number of hydrogen-bond acceptors (Lipinski definition) is 8. The summed E-state index contributed by atoms with van der Waals surface area (Å²) in [5.41, 5.74) is 1.15. The molecule has 1 aliphatic heterocycles. The van der Waals surface area contributed by atoms with Crippen molar-refractivity contribution in [3.05, 3.63) is 10.6 Å². The van der Waals surface area contributed by atoms with Gasteiger partial charge in [-0.1, -0.05) is 97.3 Å². The molecule has 2 atom stereocenters. The second-order valence-corrected chi connectivity index (χ2v) is 13.0. The smallest absolute Gasteiger partial charge is 0.457 e. The SMILES string of the molecule is CCCCCCCCCCCCCCCCOCC(COP(=O)(O)OCCC1=C(C)N(C)CS1)OC(=O)CC. The normalized spacial score (nSPS) is 16.1. The Labute approximate surface area is 242 Å². The summed E-state index contributed by atoms with van der Waals surface area (Å²) >= 11 is 1.70. The number of hydrogen-bond donors (Lipinski definition) is 1. The van der Waals surface area contributed by atoms with E-state index in [2.05, 4.69) is 11.8 Å². The molecular formula is C29H56NO7PS. The van der Waals surface area contributed by atoms with Crippen LogP contribution < -0.4 is 0 Å². The second kappa shape index (κ2) is 23.0. The molecule has 0 aromatic carbocycles. The van der Waals surface area contributed by atoms with Gasteiger partial charge in [0.1, 0.15) is 6.10 Å². The van der Waals surface area contributed by atoms with Gasteiger partial charge in [0.25, 0.3) is 0 Å². The van der Waals surface area contributed by atoms with E-state index in [0.717, 1.165) is 29.3 Å². The van der Waals surface area contributed by atoms with Gasteiger partial charge in [-0.3, -0.25) is 13.8 Å². The Morgan fingerprint density at radius 1 is 0.897 bits per heavy atom. The number of unbranched alkanes of at least 4 members (excludes halogenated alkanes) is 13. The van der Waals surface area contributed by atoms with Crippen molar-refractivity contribution in [3.8, 4) is 0 Å². The molecule has 8 nitrogen and oxygen atoms in total. The third kappa shape index (κ3) is 19.2. The molecule has 0 fully saturated rings. The third-order valence-corrected chi connectivity index (χ3v) is 9.30. The number of esters is 1. The average Bonchev–Trinajstić information content (AvgIpc) is 3.23. The summed E-state index contributed by atoms with van der Waals surface area (Å²) in [6, 6.07) is 0. The molecule has 1 heterocycles. The zero-order valence-electron chi connectivity index (χ0n) is 25.1. The molecule has 0 saturated carbocycles. The van der Waals surface area contributed by atoms with Gasteiger partial charge in [0, 0.05) is 37.1 Å². The van der Waals surface area contributed by atoms with Gasteiger partial charge in [0.05, 0.1) is 25.7 Å². The van der Waals surface area contributed by atoms with Crippen LogP contribution in [0.3, 0.4) is 0 Å². The van der Waals surface area contributed by atoms with Gasteiger partial charge in [-0.15, -0.1) is 11.8 Å². The molecule has 1 aliphatic rings. The zero-order valence-corrected chi connectivity index (χ0v) is 26.8. The lowest BCUT2D eigenvalue weighted by molar-refractivity contribution is -0.154. The van der Waals surface area contributed by atoms with Crippen LogP contribution in [0.15, 0.2) is 10.6 Å². The van der Waals surface area contributed by atoms with Crippen LogP contribution in [0.5, 0.6) is 0 Å². The predicted octanol–water partition coefficient (Wildman–Crippen LogP) is 8.20. The van der Waals surface area contributed by atoms with E-state index in [0.29, 0.717) is 13.0 Å². The maximum Gasteiger partial charge on any atom is 0.472 e. The standard InChI is InChI=1S/C29H56NO7PS/c1-5-7-8-9-10-11-12-13-14-15-16-17-18-19-21-34-23-27(37-29(31)6-2)24-36-38(32,33)35-22-20-28-26(3)30(4)25-39-28/h27H,5-25H2,1-4H3,(H,32,33). The summed E-state index contributed by atoms with van der Waals surface area (Å²) in [6.07, 6.45) is 18.2. The number of nitrogens with zero attached hydrogens (tertiary/aromatic N) is 1. The summed E-state index contributed by atoms with van der Waals surface area (Å²) in [7, 11) is -2.25. The first-order valence-electron chi connectivity index (χ1n) is 15.2. The van der Waals surface area contributed by atoms with E-state index in [-0.39, 0.29) is 26.2 Å². The van der Waals surface area contributed by atoms with Gasteiger partial charge in [-0.25, -0.2) is 4.57 Å². The Kier molecular flexibility index (Phi) is 21.5. The number of rotatable bonds is 26. The second-order valence-electron chi connectivity index (χ2n) is 10.5. The van der Waals surface area contributed by atoms with Gasteiger partial charge >= 0.3 is 13.8 Å². The van der Waals surface area contributed by atoms with E-state index in [1.807, 2.05) is 14.0 Å². The minimum absolute atomic E-state index is 0.0797. The molecule has 0 saturated heterocycles. The molecule has 0 spiro atoms. The summed E-state index contributed by atoms with van der Waals surface area (Å²) < 4.78 is 33.6. The van der Waals surface area contributed by atoms with E-state index in [4.69, 9.17) is 18.5 Å². The molecule has 10 heteroatoms. The predicted molar refractivity (Wildman–Crippen MR) is 161 cm³/mol. The monoisotopic (exact) mass is 593 g/mol. The minimum Gasteiger partial charge on any atom is -0.457 e. The molecule has 0 bridgehead atoms. The highest BCUT2D eigenvalue weighted by Gasteiger charge is 2.26. The number of carbonyl (C=O) groups is 1. The van der Waals surface area contributed by atoms with E-state index in [1.54, 1.807) is 18.7 Å². The van der Waals surface area contributed by atoms with Gasteiger partial charge < -0.3 is 19.3 Å². The fourth-order valence-electron chi connectivity index (χ4n) is 4.31. The first kappa shape index (κ1) is 36.5. The molecule has 1 rings (SSSR count). The Morgan fingerprint density at radius 2 is 1.46 bits per heavy atom. The Balaban J connectivity index is 2.12. The Bertz CT molecular complexity index is 722. The Morgan fingerprint density at radius 3 is 1.97 bits per heavy atom. The average molecular weight is 594 g/mol. The van der Waals surface area contributed by atoms with Crippen LogP contribution in [0.1, 0.15) is 124 Å². The highest BCUT2D eigenvalue weighted by Crippen LogP contribution is 2.44. The minimum atomic E-state index is -4.26. The molecule has 2 unspecified atom stereocenters. The van der Waals surface area contributed by atoms with Gasteiger partial charge in [0.15, 0.2) is 0 Å². The van der Waals surface area contributed by atoms with Gasteiger partial charge in [-0.2, -0.15) is 0 Å². The number of thioether (sulfide) groups is 1. The molecule has 230 valence electrons. The van der Waals surface area contributed by atoms with Crippen molar-refractivity contribution in [1.82, 2.24) is 4.90 Å². The maximum absolute atomic E-state index is 12.3. The fraction of sp³-hybridized carbons (Fsp3) is 0.897. The van der Waals surface area contributed by atoms with Crippen LogP contribution in [-0.4, -0.2) is 61.2 Å². The first-order chi connectivity index (χ1) is 18.8. The quantitative estimate of drug-likeness (QED) is 0.0605. The molecule has 39 heavy (non-hydrogen) atoms. The molecule has 0 amide bonds. The van der Waals surface area contributed by atoms with Crippen molar-refractivity contribution < 1.29 is 32.8 Å². The third-order valence-electron chi connectivity index (χ3n) is 6.95. The fourth-order valence-corrected chi connectivity index (χ4v) is 6.20. The topological polar surface area (TPSA) is 94.5 Å². The lowest BCUT2D eigenvalue weighted by Crippen LogP contribution is -2.28. The largest absolute Gasteiger partial charge is 0.472 e. The first-order valence-corrected chi connectivity index (χ1v) is 17.7. The number of allylic oxidation sites excluding steroid dienone is 1. The zero-order chi connectivity index (χ0) is 28.8. The van der Waals surface area contributed by atoms with Crippen LogP contribution in [0.2, 0.25) is 0 Å². The van der Waals surface area contributed by atoms with Crippen LogP contribution >= 0.6 is 19.6 Å². The lowest BCUT2D eigenvalue weighted by atomic mass is 10.0. The lowest BCUT2D eigenvalue weighted by Gasteiger charge is -2.19. The molecule has 0 aliphatic carbocycles. The van der Waals surface area contributed by atoms with Crippen molar-refractivity contribution in [2.45, 2.75) is 130 Å². The van der Waals surface area contributed by atoms with Crippen LogP contribution in [0.4, 0.5) is 0 Å². The Hall–Kier alpha value is -0.570. The maximum atomic E-state index is 12.3. The van der Waals surface area contributed by atoms with Crippen molar-refractivity contribution in [2.24, 2.45) is 0 Å². The summed E-state index contributed by atoms with van der Waals surface area (Å²) in [5, 5.41) is 0. The van der Waals surface area contributed by atoms with E-state index in [1.165, 1.54) is 77.0 Å². The van der Waals surface area contributed by atoms with E-state index < -0.39 is 19.9 Å².